The third-order valence-corrected chi connectivity index (χ3v) is 4.05. The van der Waals surface area contributed by atoms with E-state index in [2.05, 4.69) is 17.6 Å². The van der Waals surface area contributed by atoms with Crippen LogP contribution < -0.4 is 16.4 Å². The molecular weight excluding hydrogens is 327 g/mol. The number of nitro groups is 1. The van der Waals surface area contributed by atoms with Crippen LogP contribution in [0.25, 0.3) is 0 Å². The maximum atomic E-state index is 13.5. The second-order valence-corrected chi connectivity index (χ2v) is 5.89. The van der Waals surface area contributed by atoms with Gasteiger partial charge in [0, 0.05) is 6.54 Å². The molecule has 0 spiro atoms. The predicted octanol–water partition coefficient (Wildman–Crippen LogP) is 1.86. The average Bonchev–Trinajstić information content (AvgIpc) is 2.47. The zero-order chi connectivity index (χ0) is 16.3. The number of amides is 1. The SMILES string of the molecule is CC1(CNC(=O)c2cc(F)cc([N+](=O)[O-])c2N)CCNCC1.Cl. The number of anilines is 1. The van der Waals surface area contributed by atoms with E-state index in [1.54, 1.807) is 0 Å². The third-order valence-electron chi connectivity index (χ3n) is 4.05. The van der Waals surface area contributed by atoms with Crippen molar-refractivity contribution in [2.75, 3.05) is 25.4 Å². The largest absolute Gasteiger partial charge is 0.393 e. The highest BCUT2D eigenvalue weighted by Crippen LogP contribution is 2.29. The van der Waals surface area contributed by atoms with Gasteiger partial charge in [-0.15, -0.1) is 12.4 Å². The minimum absolute atomic E-state index is 0. The van der Waals surface area contributed by atoms with Crippen LogP contribution in [0, 0.1) is 21.3 Å². The van der Waals surface area contributed by atoms with Gasteiger partial charge in [0.05, 0.1) is 16.6 Å². The van der Waals surface area contributed by atoms with Gasteiger partial charge in [-0.05, 0) is 37.4 Å². The Morgan fingerprint density at radius 2 is 2.09 bits per heavy atom. The minimum Gasteiger partial charge on any atom is -0.393 e. The number of carbonyl (C=O) groups is 1. The van der Waals surface area contributed by atoms with Crippen LogP contribution in [0.3, 0.4) is 0 Å². The lowest BCUT2D eigenvalue weighted by molar-refractivity contribution is -0.384. The molecule has 1 amide bonds. The zero-order valence-corrected chi connectivity index (χ0v) is 13.5. The number of nitrogens with one attached hydrogen (secondary N) is 2. The Morgan fingerprint density at radius 3 is 2.65 bits per heavy atom. The van der Waals surface area contributed by atoms with E-state index in [1.165, 1.54) is 0 Å². The topological polar surface area (TPSA) is 110 Å². The summed E-state index contributed by atoms with van der Waals surface area (Å²) in [5.74, 6) is -1.46. The first-order valence-electron chi connectivity index (χ1n) is 7.05. The van der Waals surface area contributed by atoms with Gasteiger partial charge in [-0.25, -0.2) is 4.39 Å². The average molecular weight is 347 g/mol. The minimum atomic E-state index is -0.862. The predicted molar refractivity (Wildman–Crippen MR) is 87.3 cm³/mol. The van der Waals surface area contributed by atoms with E-state index in [9.17, 15) is 19.3 Å². The zero-order valence-electron chi connectivity index (χ0n) is 12.7. The van der Waals surface area contributed by atoms with Gasteiger partial charge in [-0.3, -0.25) is 14.9 Å². The molecule has 1 aromatic rings. The Labute approximate surface area is 139 Å². The lowest BCUT2D eigenvalue weighted by Gasteiger charge is -2.34. The first-order valence-corrected chi connectivity index (χ1v) is 7.05. The molecule has 1 aliphatic heterocycles. The van der Waals surface area contributed by atoms with Crippen molar-refractivity contribution in [1.82, 2.24) is 10.6 Å². The maximum absolute atomic E-state index is 13.5. The van der Waals surface area contributed by atoms with Gasteiger partial charge in [0.1, 0.15) is 11.5 Å². The smallest absolute Gasteiger partial charge is 0.295 e. The lowest BCUT2D eigenvalue weighted by Crippen LogP contribution is -2.43. The van der Waals surface area contributed by atoms with Gasteiger partial charge in [-0.2, -0.15) is 0 Å². The number of rotatable bonds is 4. The second kappa shape index (κ2) is 7.56. The summed E-state index contributed by atoms with van der Waals surface area (Å²) >= 11 is 0. The van der Waals surface area contributed by atoms with E-state index in [4.69, 9.17) is 5.73 Å². The third kappa shape index (κ3) is 4.52. The van der Waals surface area contributed by atoms with E-state index in [0.29, 0.717) is 12.6 Å². The molecule has 2 rings (SSSR count). The van der Waals surface area contributed by atoms with Gasteiger partial charge < -0.3 is 16.4 Å². The van der Waals surface area contributed by atoms with Crippen molar-refractivity contribution in [1.29, 1.82) is 0 Å². The highest BCUT2D eigenvalue weighted by Gasteiger charge is 2.28. The van der Waals surface area contributed by atoms with E-state index < -0.39 is 22.3 Å². The molecule has 1 aliphatic rings. The first kappa shape index (κ1) is 19.1. The molecule has 0 saturated carbocycles. The molecule has 23 heavy (non-hydrogen) atoms. The number of nitro benzene ring substituents is 1. The Kier molecular flexibility index (Phi) is 6.28. The lowest BCUT2D eigenvalue weighted by atomic mass is 9.81. The molecule has 4 N–H and O–H groups in total. The van der Waals surface area contributed by atoms with Crippen LogP contribution in [0.1, 0.15) is 30.1 Å². The molecule has 1 saturated heterocycles. The molecule has 0 atom stereocenters. The van der Waals surface area contributed by atoms with Crippen molar-refractivity contribution in [3.8, 4) is 0 Å². The van der Waals surface area contributed by atoms with Crippen LogP contribution >= 0.6 is 12.4 Å². The summed E-state index contributed by atoms with van der Waals surface area (Å²) in [5.41, 5.74) is 4.45. The highest BCUT2D eigenvalue weighted by molar-refractivity contribution is 6.01. The Balaban J connectivity index is 0.00000264. The summed E-state index contributed by atoms with van der Waals surface area (Å²) in [6.45, 7) is 4.22. The van der Waals surface area contributed by atoms with Crippen LogP contribution in [0.2, 0.25) is 0 Å². The van der Waals surface area contributed by atoms with Crippen LogP contribution in [-0.4, -0.2) is 30.5 Å². The molecule has 0 radical (unpaired) electrons. The van der Waals surface area contributed by atoms with E-state index in [1.807, 2.05) is 0 Å². The molecule has 0 aliphatic carbocycles. The van der Waals surface area contributed by atoms with Gasteiger partial charge in [-0.1, -0.05) is 6.92 Å². The van der Waals surface area contributed by atoms with Crippen LogP contribution in [0.15, 0.2) is 12.1 Å². The number of hydrogen-bond donors (Lipinski definition) is 3. The molecule has 7 nitrogen and oxygen atoms in total. The number of halogens is 2. The van der Waals surface area contributed by atoms with E-state index in [-0.39, 0.29) is 29.1 Å². The van der Waals surface area contributed by atoms with Crippen molar-refractivity contribution < 1.29 is 14.1 Å². The first-order chi connectivity index (χ1) is 10.3. The molecule has 1 heterocycles. The summed E-state index contributed by atoms with van der Waals surface area (Å²) in [6, 6.07) is 1.63. The van der Waals surface area contributed by atoms with E-state index >= 15 is 0 Å². The standard InChI is InChI=1S/C14H19FN4O3.ClH/c1-14(2-4-17-5-3-14)8-18-13(20)10-6-9(15)7-11(12(10)16)19(21)22;/h6-7,17H,2-5,8,16H2,1H3,(H,18,20);1H. The van der Waals surface area contributed by atoms with Gasteiger partial charge in [0.15, 0.2) is 0 Å². The molecule has 1 fully saturated rings. The summed E-state index contributed by atoms with van der Waals surface area (Å²) in [7, 11) is 0. The number of hydrogen-bond acceptors (Lipinski definition) is 5. The number of nitrogens with two attached hydrogens (primary N) is 1. The molecule has 0 bridgehead atoms. The van der Waals surface area contributed by atoms with Gasteiger partial charge in [0.25, 0.3) is 11.6 Å². The summed E-state index contributed by atoms with van der Waals surface area (Å²) < 4.78 is 13.5. The number of carbonyl (C=O) groups excluding carboxylic acids is 1. The Hall–Kier alpha value is -1.93. The molecule has 9 heteroatoms. The molecule has 0 unspecified atom stereocenters. The van der Waals surface area contributed by atoms with Gasteiger partial charge >= 0.3 is 0 Å². The quantitative estimate of drug-likeness (QED) is 0.438. The van der Waals surface area contributed by atoms with Crippen molar-refractivity contribution in [2.45, 2.75) is 19.8 Å². The number of nitrogen functional groups attached to an aromatic ring is 1. The molecule has 0 aromatic heterocycles. The van der Waals surface area contributed by atoms with Crippen LogP contribution in [0.4, 0.5) is 15.8 Å². The fourth-order valence-corrected chi connectivity index (χ4v) is 2.54. The summed E-state index contributed by atoms with van der Waals surface area (Å²) in [4.78, 5) is 22.2. The van der Waals surface area contributed by atoms with Crippen molar-refractivity contribution >= 4 is 29.7 Å². The van der Waals surface area contributed by atoms with E-state index in [0.717, 1.165) is 32.0 Å². The van der Waals surface area contributed by atoms with Crippen LogP contribution in [-0.2, 0) is 0 Å². The normalized spacial score (nSPS) is 16.3. The summed E-state index contributed by atoms with van der Waals surface area (Å²) in [5, 5.41) is 16.8. The summed E-state index contributed by atoms with van der Waals surface area (Å²) in [6.07, 6.45) is 1.82. The van der Waals surface area contributed by atoms with Gasteiger partial charge in [0.2, 0.25) is 0 Å². The molecular formula is C14H20ClFN4O3. The maximum Gasteiger partial charge on any atom is 0.295 e. The second-order valence-electron chi connectivity index (χ2n) is 5.89. The Bertz CT molecular complexity index is 606. The van der Waals surface area contributed by atoms with Crippen molar-refractivity contribution in [3.05, 3.63) is 33.6 Å². The monoisotopic (exact) mass is 346 g/mol. The van der Waals surface area contributed by atoms with Crippen molar-refractivity contribution in [2.24, 2.45) is 5.41 Å². The highest BCUT2D eigenvalue weighted by atomic mass is 35.5. The van der Waals surface area contributed by atoms with Crippen molar-refractivity contribution in [3.63, 3.8) is 0 Å². The number of benzene rings is 1. The Morgan fingerprint density at radius 1 is 1.48 bits per heavy atom. The number of piperidine rings is 1. The van der Waals surface area contributed by atoms with Crippen LogP contribution in [0.5, 0.6) is 0 Å². The fraction of sp³-hybridized carbons (Fsp3) is 0.500. The number of nitrogens with zero attached hydrogens (tertiary/aromatic N) is 1. The fourth-order valence-electron chi connectivity index (χ4n) is 2.54. The molecule has 128 valence electrons. The molecule has 1 aromatic carbocycles.